The van der Waals surface area contributed by atoms with Crippen LogP contribution in [0.4, 0.5) is 10.5 Å². The van der Waals surface area contributed by atoms with Crippen LogP contribution in [0, 0.1) is 0 Å². The first-order valence-electron chi connectivity index (χ1n) is 8.07. The Balaban J connectivity index is 2.11. The summed E-state index contributed by atoms with van der Waals surface area (Å²) in [5, 5.41) is 2.65. The zero-order valence-electron chi connectivity index (χ0n) is 14.7. The van der Waals surface area contributed by atoms with E-state index in [0.717, 1.165) is 11.3 Å². The minimum absolute atomic E-state index is 0.126. The Morgan fingerprint density at radius 2 is 2.04 bits per heavy atom. The van der Waals surface area contributed by atoms with Crippen LogP contribution in [0.5, 0.6) is 0 Å². The smallest absolute Gasteiger partial charge is 0.408 e. The summed E-state index contributed by atoms with van der Waals surface area (Å²) >= 11 is 0. The number of amides is 1. The van der Waals surface area contributed by atoms with Crippen molar-refractivity contribution in [1.82, 2.24) is 15.3 Å². The van der Waals surface area contributed by atoms with Gasteiger partial charge in [-0.15, -0.1) is 0 Å². The van der Waals surface area contributed by atoms with Crippen LogP contribution in [0.3, 0.4) is 0 Å². The number of aromatic amines is 1. The van der Waals surface area contributed by atoms with E-state index < -0.39 is 17.7 Å². The van der Waals surface area contributed by atoms with Crippen molar-refractivity contribution >= 4 is 17.6 Å². The van der Waals surface area contributed by atoms with E-state index in [1.54, 1.807) is 39.1 Å². The lowest BCUT2D eigenvalue weighted by Gasteiger charge is -2.23. The first-order chi connectivity index (χ1) is 11.7. The van der Waals surface area contributed by atoms with Gasteiger partial charge < -0.3 is 20.8 Å². The molecule has 4 N–H and O–H groups in total. The number of rotatable bonds is 6. The number of imidazole rings is 1. The summed E-state index contributed by atoms with van der Waals surface area (Å²) in [5.74, 6) is -0.154. The lowest BCUT2D eigenvalue weighted by molar-refractivity contribution is -0.120. The average molecular weight is 344 g/mol. The molecule has 0 unspecified atom stereocenters. The van der Waals surface area contributed by atoms with Gasteiger partial charge in [0.25, 0.3) is 0 Å². The number of nitrogens with one attached hydrogen (secondary N) is 2. The number of nitrogens with two attached hydrogens (primary N) is 1. The second kappa shape index (κ2) is 7.83. The van der Waals surface area contributed by atoms with Crippen molar-refractivity contribution in [2.75, 3.05) is 5.73 Å². The fraction of sp³-hybridized carbons (Fsp3) is 0.389. The molecule has 0 radical (unpaired) electrons. The highest BCUT2D eigenvalue weighted by Gasteiger charge is 2.25. The molecule has 1 aromatic carbocycles. The highest BCUT2D eigenvalue weighted by molar-refractivity contribution is 5.90. The summed E-state index contributed by atoms with van der Waals surface area (Å²) in [6.45, 7) is 5.30. The topological polar surface area (TPSA) is 110 Å². The summed E-state index contributed by atoms with van der Waals surface area (Å²) in [6, 6.07) is 6.44. The van der Waals surface area contributed by atoms with Gasteiger partial charge in [-0.2, -0.15) is 0 Å². The number of alkyl carbamates (subject to hydrolysis) is 1. The Hall–Kier alpha value is -2.83. The van der Waals surface area contributed by atoms with Crippen LogP contribution in [-0.4, -0.2) is 33.5 Å². The van der Waals surface area contributed by atoms with Crippen LogP contribution >= 0.6 is 0 Å². The van der Waals surface area contributed by atoms with Crippen molar-refractivity contribution in [3.63, 3.8) is 0 Å². The van der Waals surface area contributed by atoms with Gasteiger partial charge in [0.05, 0.1) is 12.4 Å². The summed E-state index contributed by atoms with van der Waals surface area (Å²) < 4.78 is 5.26. The first kappa shape index (κ1) is 18.5. The lowest BCUT2D eigenvalue weighted by Crippen LogP contribution is -2.45. The Morgan fingerprint density at radius 3 is 2.64 bits per heavy atom. The minimum Gasteiger partial charge on any atom is -0.444 e. The Bertz CT molecular complexity index is 720. The molecule has 1 heterocycles. The predicted octanol–water partition coefficient (Wildman–Crippen LogP) is 2.24. The van der Waals surface area contributed by atoms with Crippen molar-refractivity contribution in [1.29, 1.82) is 0 Å². The van der Waals surface area contributed by atoms with E-state index in [4.69, 9.17) is 10.5 Å². The van der Waals surface area contributed by atoms with Crippen molar-refractivity contribution in [3.05, 3.63) is 48.0 Å². The van der Waals surface area contributed by atoms with Crippen LogP contribution in [0.2, 0.25) is 0 Å². The van der Waals surface area contributed by atoms with Crippen LogP contribution < -0.4 is 11.1 Å². The number of nitrogens with zero attached hydrogens (tertiary/aromatic N) is 1. The largest absolute Gasteiger partial charge is 0.444 e. The second-order valence-corrected chi connectivity index (χ2v) is 6.82. The second-order valence-electron chi connectivity index (χ2n) is 6.82. The number of H-pyrrole nitrogens is 1. The molecule has 0 fully saturated rings. The number of ether oxygens (including phenoxy) is 1. The lowest BCUT2D eigenvalue weighted by atomic mass is 9.99. The third-order valence-electron chi connectivity index (χ3n) is 3.48. The number of ketones is 1. The van der Waals surface area contributed by atoms with E-state index in [9.17, 15) is 9.59 Å². The number of para-hydroxylation sites is 1. The zero-order valence-corrected chi connectivity index (χ0v) is 14.7. The van der Waals surface area contributed by atoms with E-state index in [1.807, 2.05) is 12.1 Å². The highest BCUT2D eigenvalue weighted by atomic mass is 16.6. The van der Waals surface area contributed by atoms with Gasteiger partial charge in [-0.05, 0) is 32.4 Å². The van der Waals surface area contributed by atoms with E-state index >= 15 is 0 Å². The van der Waals surface area contributed by atoms with Gasteiger partial charge in [0.2, 0.25) is 0 Å². The third kappa shape index (κ3) is 5.95. The molecule has 2 rings (SSSR count). The van der Waals surface area contributed by atoms with E-state index in [1.165, 1.54) is 6.33 Å². The predicted molar refractivity (Wildman–Crippen MR) is 95.0 cm³/mol. The Kier molecular flexibility index (Phi) is 5.80. The van der Waals surface area contributed by atoms with Crippen LogP contribution in [-0.2, 0) is 22.4 Å². The number of nitrogen functional groups attached to an aromatic ring is 1. The maximum Gasteiger partial charge on any atom is 0.408 e. The van der Waals surface area contributed by atoms with E-state index in [0.29, 0.717) is 12.1 Å². The number of aromatic nitrogens is 2. The molecule has 0 saturated carbocycles. The van der Waals surface area contributed by atoms with E-state index in [-0.39, 0.29) is 12.2 Å². The average Bonchev–Trinajstić information content (AvgIpc) is 3.00. The fourth-order valence-corrected chi connectivity index (χ4v) is 2.32. The molecule has 0 bridgehead atoms. The molecule has 0 aliphatic rings. The molecule has 2 aromatic rings. The molecule has 0 aliphatic heterocycles. The van der Waals surface area contributed by atoms with Crippen LogP contribution in [0.25, 0.3) is 0 Å². The van der Waals surface area contributed by atoms with Crippen molar-refractivity contribution < 1.29 is 14.3 Å². The van der Waals surface area contributed by atoms with Gasteiger partial charge in [0.15, 0.2) is 5.78 Å². The van der Waals surface area contributed by atoms with Gasteiger partial charge in [0, 0.05) is 30.4 Å². The van der Waals surface area contributed by atoms with Gasteiger partial charge in [-0.1, -0.05) is 18.2 Å². The molecular formula is C18H24N4O3. The molecule has 1 aromatic heterocycles. The Morgan fingerprint density at radius 1 is 1.32 bits per heavy atom. The molecule has 1 amide bonds. The van der Waals surface area contributed by atoms with Gasteiger partial charge >= 0.3 is 6.09 Å². The number of carbonyl (C=O) groups is 2. The Labute approximate surface area is 147 Å². The molecule has 0 aliphatic carbocycles. The normalized spacial score (nSPS) is 12.4. The van der Waals surface area contributed by atoms with Gasteiger partial charge in [-0.25, -0.2) is 9.78 Å². The van der Waals surface area contributed by atoms with Crippen molar-refractivity contribution in [2.24, 2.45) is 0 Å². The minimum atomic E-state index is -0.741. The number of carbonyl (C=O) groups excluding carboxylic acids is 2. The summed E-state index contributed by atoms with van der Waals surface area (Å²) in [5.41, 5.74) is 7.29. The summed E-state index contributed by atoms with van der Waals surface area (Å²) in [6.07, 6.45) is 2.94. The number of hydrogen-bond donors (Lipinski definition) is 3. The molecule has 1 atom stereocenters. The number of Topliss-reactive ketones (excluding diaryl/α,β-unsaturated/α-hetero) is 1. The van der Waals surface area contributed by atoms with E-state index in [2.05, 4.69) is 15.3 Å². The molecule has 25 heavy (non-hydrogen) atoms. The maximum absolute atomic E-state index is 12.7. The number of benzene rings is 1. The number of hydrogen-bond acceptors (Lipinski definition) is 5. The third-order valence-corrected chi connectivity index (χ3v) is 3.48. The summed E-state index contributed by atoms with van der Waals surface area (Å²) in [4.78, 5) is 31.7. The van der Waals surface area contributed by atoms with Gasteiger partial charge in [0.1, 0.15) is 5.60 Å². The standard InChI is InChI=1S/C18H24N4O3/c1-18(2,3)25-17(24)22-15(9-13-10-20-11-21-13)16(23)8-12-6-4-5-7-14(12)19/h4-7,10-11,15H,8-9,19H2,1-3H3,(H,20,21)(H,22,24)/t15-/m0/s1. The summed E-state index contributed by atoms with van der Waals surface area (Å²) in [7, 11) is 0. The SMILES string of the molecule is CC(C)(C)OC(=O)N[C@@H](Cc1cnc[nH]1)C(=O)Cc1ccccc1N. The van der Waals surface area contributed by atoms with Crippen LogP contribution in [0.1, 0.15) is 32.0 Å². The highest BCUT2D eigenvalue weighted by Crippen LogP contribution is 2.14. The fourth-order valence-electron chi connectivity index (χ4n) is 2.32. The molecule has 0 spiro atoms. The van der Waals surface area contributed by atoms with Gasteiger partial charge in [-0.3, -0.25) is 4.79 Å². The quantitative estimate of drug-likeness (QED) is 0.696. The van der Waals surface area contributed by atoms with Crippen molar-refractivity contribution in [3.8, 4) is 0 Å². The monoisotopic (exact) mass is 344 g/mol. The molecule has 0 saturated heterocycles. The first-order valence-corrected chi connectivity index (χ1v) is 8.07. The molecular weight excluding hydrogens is 320 g/mol. The zero-order chi connectivity index (χ0) is 18.4. The molecule has 7 heteroatoms. The van der Waals surface area contributed by atoms with Crippen LogP contribution in [0.15, 0.2) is 36.8 Å². The number of anilines is 1. The molecule has 134 valence electrons. The maximum atomic E-state index is 12.7. The van der Waals surface area contributed by atoms with Crippen molar-refractivity contribution in [2.45, 2.75) is 45.3 Å². The molecule has 7 nitrogen and oxygen atoms in total.